The lowest BCUT2D eigenvalue weighted by molar-refractivity contribution is -0.608. The van der Waals surface area contributed by atoms with E-state index >= 15 is 0 Å². The lowest BCUT2D eigenvalue weighted by atomic mass is 10.1. The standard InChI is InChI=1S/C17H17FN2O4/c1-12(24-17(22)15-4-2-3-11-20(15)23)16(21)19-10-9-13-5-7-14(18)8-6-13/h2-8,11-12H,9-10H2,1H3,(H,19,21)/t12-/m0/s1. The number of nitrogens with zero attached hydrogens (tertiary/aromatic N) is 1. The van der Waals surface area contributed by atoms with Gasteiger partial charge < -0.3 is 15.3 Å². The number of hydrogen-bond acceptors (Lipinski definition) is 4. The SMILES string of the molecule is C[C@H](OC(=O)c1cccc[n+]1[O-])C(=O)NCCc1ccc(F)cc1. The zero-order chi connectivity index (χ0) is 17.5. The smallest absolute Gasteiger partial charge is 0.405 e. The van der Waals surface area contributed by atoms with Gasteiger partial charge in [-0.1, -0.05) is 12.1 Å². The number of nitrogens with one attached hydrogen (secondary N) is 1. The van der Waals surface area contributed by atoms with Gasteiger partial charge in [0, 0.05) is 18.7 Å². The highest BCUT2D eigenvalue weighted by Gasteiger charge is 2.23. The topological polar surface area (TPSA) is 82.3 Å². The van der Waals surface area contributed by atoms with E-state index in [0.29, 0.717) is 17.7 Å². The fourth-order valence-corrected chi connectivity index (χ4v) is 1.99. The van der Waals surface area contributed by atoms with E-state index in [9.17, 15) is 19.2 Å². The third-order valence-corrected chi connectivity index (χ3v) is 3.31. The Morgan fingerprint density at radius 2 is 1.96 bits per heavy atom. The van der Waals surface area contributed by atoms with Crippen LogP contribution in [0.15, 0.2) is 48.7 Å². The van der Waals surface area contributed by atoms with Crippen LogP contribution in [-0.4, -0.2) is 24.5 Å². The Hall–Kier alpha value is -2.96. The number of esters is 1. The molecule has 0 saturated heterocycles. The lowest BCUT2D eigenvalue weighted by Crippen LogP contribution is -2.40. The van der Waals surface area contributed by atoms with Gasteiger partial charge in [0.1, 0.15) is 5.82 Å². The summed E-state index contributed by atoms with van der Waals surface area (Å²) in [6.07, 6.45) is 0.654. The normalized spacial score (nSPS) is 11.6. The van der Waals surface area contributed by atoms with Gasteiger partial charge in [0.05, 0.1) is 0 Å². The molecule has 0 saturated carbocycles. The summed E-state index contributed by atoms with van der Waals surface area (Å²) in [4.78, 5) is 23.8. The van der Waals surface area contributed by atoms with Gasteiger partial charge >= 0.3 is 11.7 Å². The van der Waals surface area contributed by atoms with E-state index in [1.807, 2.05) is 0 Å². The molecule has 0 radical (unpaired) electrons. The highest BCUT2D eigenvalue weighted by Crippen LogP contribution is 2.03. The highest BCUT2D eigenvalue weighted by molar-refractivity contribution is 5.89. The highest BCUT2D eigenvalue weighted by atomic mass is 19.1. The minimum absolute atomic E-state index is 0.191. The molecule has 0 aliphatic rings. The molecule has 0 spiro atoms. The largest absolute Gasteiger partial charge is 0.618 e. The Kier molecular flexibility index (Phi) is 5.83. The molecule has 7 heteroatoms. The Morgan fingerprint density at radius 3 is 2.62 bits per heavy atom. The molecular formula is C17H17FN2O4. The van der Waals surface area contributed by atoms with Gasteiger partial charge in [0.2, 0.25) is 0 Å². The zero-order valence-electron chi connectivity index (χ0n) is 13.1. The van der Waals surface area contributed by atoms with Crippen molar-refractivity contribution in [3.05, 3.63) is 70.9 Å². The number of halogens is 1. The van der Waals surface area contributed by atoms with E-state index in [1.165, 1.54) is 43.5 Å². The van der Waals surface area contributed by atoms with Crippen LogP contribution >= 0.6 is 0 Å². The number of rotatable bonds is 6. The van der Waals surface area contributed by atoms with Crippen molar-refractivity contribution in [1.82, 2.24) is 5.32 Å². The van der Waals surface area contributed by atoms with Gasteiger partial charge in [-0.3, -0.25) is 4.79 Å². The van der Waals surface area contributed by atoms with Crippen molar-refractivity contribution < 1.29 is 23.4 Å². The quantitative estimate of drug-likeness (QED) is 0.492. The Labute approximate surface area is 138 Å². The predicted octanol–water partition coefficient (Wildman–Crippen LogP) is 1.36. The van der Waals surface area contributed by atoms with E-state index in [4.69, 9.17) is 4.74 Å². The summed E-state index contributed by atoms with van der Waals surface area (Å²) in [6.45, 7) is 1.74. The first-order valence-electron chi connectivity index (χ1n) is 7.38. The van der Waals surface area contributed by atoms with Crippen LogP contribution in [0.3, 0.4) is 0 Å². The Bertz CT molecular complexity index is 719. The Balaban J connectivity index is 1.80. The second-order valence-electron chi connectivity index (χ2n) is 5.13. The third kappa shape index (κ3) is 4.77. The lowest BCUT2D eigenvalue weighted by Gasteiger charge is -2.13. The maximum atomic E-state index is 12.8. The second kappa shape index (κ2) is 8.05. The van der Waals surface area contributed by atoms with Gasteiger partial charge in [-0.25, -0.2) is 9.18 Å². The molecule has 6 nitrogen and oxygen atoms in total. The summed E-state index contributed by atoms with van der Waals surface area (Å²) >= 11 is 0. The van der Waals surface area contributed by atoms with Crippen LogP contribution in [0.5, 0.6) is 0 Å². The maximum Gasteiger partial charge on any atom is 0.405 e. The van der Waals surface area contributed by atoms with Crippen LogP contribution < -0.4 is 10.0 Å². The molecule has 1 heterocycles. The van der Waals surface area contributed by atoms with Crippen molar-refractivity contribution >= 4 is 11.9 Å². The van der Waals surface area contributed by atoms with E-state index in [0.717, 1.165) is 5.56 Å². The maximum absolute atomic E-state index is 12.8. The molecule has 1 atom stereocenters. The zero-order valence-corrected chi connectivity index (χ0v) is 13.1. The van der Waals surface area contributed by atoms with Gasteiger partial charge in [0.15, 0.2) is 12.3 Å². The second-order valence-corrected chi connectivity index (χ2v) is 5.13. The fraction of sp³-hybridized carbons (Fsp3) is 0.235. The van der Waals surface area contributed by atoms with Gasteiger partial charge in [0.25, 0.3) is 5.91 Å². The summed E-state index contributed by atoms with van der Waals surface area (Å²) in [6, 6.07) is 10.3. The van der Waals surface area contributed by atoms with Crippen LogP contribution in [0.25, 0.3) is 0 Å². The molecule has 1 amide bonds. The van der Waals surface area contributed by atoms with Gasteiger partial charge in [-0.15, -0.1) is 0 Å². The molecule has 126 valence electrons. The number of carbonyl (C=O) groups is 2. The molecule has 0 aliphatic heterocycles. The first-order valence-corrected chi connectivity index (χ1v) is 7.38. The first kappa shape index (κ1) is 17.4. The van der Waals surface area contributed by atoms with Crippen molar-refractivity contribution in [3.8, 4) is 0 Å². The number of carbonyl (C=O) groups excluding carboxylic acids is 2. The van der Waals surface area contributed by atoms with Crippen molar-refractivity contribution in [3.63, 3.8) is 0 Å². The average Bonchev–Trinajstić information content (AvgIpc) is 2.56. The number of amides is 1. The molecule has 1 aromatic carbocycles. The van der Waals surface area contributed by atoms with E-state index in [-0.39, 0.29) is 11.5 Å². The molecule has 1 N–H and O–H groups in total. The van der Waals surface area contributed by atoms with Crippen LogP contribution in [0.4, 0.5) is 4.39 Å². The number of benzene rings is 1. The van der Waals surface area contributed by atoms with E-state index in [2.05, 4.69) is 5.32 Å². The first-order chi connectivity index (χ1) is 11.5. The van der Waals surface area contributed by atoms with Crippen LogP contribution in [0.2, 0.25) is 0 Å². The summed E-state index contributed by atoms with van der Waals surface area (Å²) < 4.78 is 18.1. The summed E-state index contributed by atoms with van der Waals surface area (Å²) in [5.74, 6) is -1.66. The molecule has 0 fully saturated rings. The molecule has 2 rings (SSSR count). The minimum Gasteiger partial charge on any atom is -0.618 e. The minimum atomic E-state index is -1.04. The fourth-order valence-electron chi connectivity index (χ4n) is 1.99. The van der Waals surface area contributed by atoms with Crippen molar-refractivity contribution in [2.24, 2.45) is 0 Å². The van der Waals surface area contributed by atoms with Gasteiger partial charge in [-0.05, 0) is 37.1 Å². The number of ether oxygens (including phenoxy) is 1. The van der Waals surface area contributed by atoms with Crippen LogP contribution in [-0.2, 0) is 16.0 Å². The molecule has 0 unspecified atom stereocenters. The molecule has 2 aromatic rings. The van der Waals surface area contributed by atoms with Gasteiger partial charge in [-0.2, -0.15) is 4.73 Å². The number of pyridine rings is 1. The van der Waals surface area contributed by atoms with Crippen LogP contribution in [0, 0.1) is 11.0 Å². The van der Waals surface area contributed by atoms with E-state index < -0.39 is 18.0 Å². The van der Waals surface area contributed by atoms with Crippen molar-refractivity contribution in [2.75, 3.05) is 6.54 Å². The number of aromatic nitrogens is 1. The molecule has 0 bridgehead atoms. The van der Waals surface area contributed by atoms with E-state index in [1.54, 1.807) is 12.1 Å². The molecule has 1 aromatic heterocycles. The molecule has 0 aliphatic carbocycles. The van der Waals surface area contributed by atoms with Crippen molar-refractivity contribution in [1.29, 1.82) is 0 Å². The average molecular weight is 332 g/mol. The summed E-state index contributed by atoms with van der Waals surface area (Å²) in [5, 5.41) is 14.1. The van der Waals surface area contributed by atoms with Crippen LogP contribution in [0.1, 0.15) is 23.0 Å². The Morgan fingerprint density at radius 1 is 1.25 bits per heavy atom. The predicted molar refractivity (Wildman–Crippen MR) is 83.4 cm³/mol. The summed E-state index contributed by atoms with van der Waals surface area (Å²) in [5.41, 5.74) is 0.682. The monoisotopic (exact) mass is 332 g/mol. The summed E-state index contributed by atoms with van der Waals surface area (Å²) in [7, 11) is 0. The molecular weight excluding hydrogens is 315 g/mol. The third-order valence-electron chi connectivity index (χ3n) is 3.31. The number of hydrogen-bond donors (Lipinski definition) is 1. The molecule has 24 heavy (non-hydrogen) atoms. The van der Waals surface area contributed by atoms with Crippen molar-refractivity contribution in [2.45, 2.75) is 19.4 Å².